The van der Waals surface area contributed by atoms with Gasteiger partial charge in [0.1, 0.15) is 5.82 Å². The second kappa shape index (κ2) is 6.39. The number of halogens is 5. The van der Waals surface area contributed by atoms with E-state index in [-0.39, 0.29) is 16.6 Å². The van der Waals surface area contributed by atoms with Crippen LogP contribution in [0.4, 0.5) is 17.6 Å². The number of aromatic nitrogens is 2. The van der Waals surface area contributed by atoms with Crippen molar-refractivity contribution in [2.45, 2.75) is 38.1 Å². The SMILES string of the molecule is Fc1ccc2cc3c(cnn3C3CCCCO3)c(Cl)c2c1CC(F)(F)F. The predicted molar refractivity (Wildman–Crippen MR) is 90.8 cm³/mol. The van der Waals surface area contributed by atoms with Gasteiger partial charge in [0.2, 0.25) is 0 Å². The number of ether oxygens (including phenoxy) is 1. The third-order valence-electron chi connectivity index (χ3n) is 4.68. The summed E-state index contributed by atoms with van der Waals surface area (Å²) < 4.78 is 60.3. The number of benzene rings is 2. The number of alkyl halides is 3. The third-order valence-corrected chi connectivity index (χ3v) is 5.07. The van der Waals surface area contributed by atoms with E-state index in [0.29, 0.717) is 22.9 Å². The molecule has 1 unspecified atom stereocenters. The minimum Gasteiger partial charge on any atom is -0.356 e. The van der Waals surface area contributed by atoms with Gasteiger partial charge in [-0.15, -0.1) is 0 Å². The topological polar surface area (TPSA) is 27.1 Å². The van der Waals surface area contributed by atoms with Gasteiger partial charge in [-0.05, 0) is 36.8 Å². The summed E-state index contributed by atoms with van der Waals surface area (Å²) in [6, 6.07) is 4.18. The normalized spacial score (nSPS) is 18.7. The first-order valence-corrected chi connectivity index (χ1v) is 8.68. The molecule has 0 aliphatic carbocycles. The van der Waals surface area contributed by atoms with Gasteiger partial charge in [0.05, 0.1) is 23.2 Å². The Morgan fingerprint density at radius 3 is 2.77 bits per heavy atom. The molecule has 1 saturated heterocycles. The molecule has 2 aromatic carbocycles. The lowest BCUT2D eigenvalue weighted by molar-refractivity contribution is -0.127. The van der Waals surface area contributed by atoms with Crippen molar-refractivity contribution in [2.24, 2.45) is 0 Å². The van der Waals surface area contributed by atoms with Crippen LogP contribution in [0.1, 0.15) is 31.1 Å². The van der Waals surface area contributed by atoms with Gasteiger partial charge in [0.25, 0.3) is 0 Å². The van der Waals surface area contributed by atoms with Crippen LogP contribution in [0.2, 0.25) is 5.02 Å². The van der Waals surface area contributed by atoms with Crippen LogP contribution in [0, 0.1) is 5.82 Å². The van der Waals surface area contributed by atoms with Crippen molar-refractivity contribution in [3.63, 3.8) is 0 Å². The maximum atomic E-state index is 14.1. The zero-order valence-electron chi connectivity index (χ0n) is 13.6. The Morgan fingerprint density at radius 2 is 2.08 bits per heavy atom. The van der Waals surface area contributed by atoms with Crippen LogP contribution in [0.25, 0.3) is 21.7 Å². The Morgan fingerprint density at radius 1 is 1.27 bits per heavy atom. The lowest BCUT2D eigenvalue weighted by Crippen LogP contribution is -2.19. The fraction of sp³-hybridized carbons (Fsp3) is 0.389. The van der Waals surface area contributed by atoms with E-state index in [2.05, 4.69) is 5.10 Å². The van der Waals surface area contributed by atoms with Crippen LogP contribution in [0.15, 0.2) is 24.4 Å². The summed E-state index contributed by atoms with van der Waals surface area (Å²) in [5.41, 5.74) is 0.225. The highest BCUT2D eigenvalue weighted by Crippen LogP contribution is 2.39. The molecule has 1 fully saturated rings. The Balaban J connectivity index is 1.93. The maximum absolute atomic E-state index is 14.1. The number of hydrogen-bond acceptors (Lipinski definition) is 2. The highest BCUT2D eigenvalue weighted by Gasteiger charge is 2.31. The van der Waals surface area contributed by atoms with E-state index in [1.54, 1.807) is 10.7 Å². The summed E-state index contributed by atoms with van der Waals surface area (Å²) in [5.74, 6) is -0.918. The van der Waals surface area contributed by atoms with Crippen molar-refractivity contribution in [1.29, 1.82) is 0 Å². The van der Waals surface area contributed by atoms with E-state index < -0.39 is 24.0 Å². The predicted octanol–water partition coefficient (Wildman–Crippen LogP) is 5.79. The smallest absolute Gasteiger partial charge is 0.356 e. The molecule has 26 heavy (non-hydrogen) atoms. The van der Waals surface area contributed by atoms with Crippen molar-refractivity contribution in [2.75, 3.05) is 6.61 Å². The van der Waals surface area contributed by atoms with E-state index in [9.17, 15) is 17.6 Å². The van der Waals surface area contributed by atoms with Gasteiger partial charge in [0, 0.05) is 22.9 Å². The fourth-order valence-corrected chi connectivity index (χ4v) is 3.87. The van der Waals surface area contributed by atoms with Gasteiger partial charge in [0.15, 0.2) is 6.23 Å². The lowest BCUT2D eigenvalue weighted by Gasteiger charge is -2.23. The molecule has 0 spiro atoms. The van der Waals surface area contributed by atoms with Gasteiger partial charge in [-0.1, -0.05) is 17.7 Å². The first-order valence-electron chi connectivity index (χ1n) is 8.30. The second-order valence-electron chi connectivity index (χ2n) is 6.45. The molecule has 3 nitrogen and oxygen atoms in total. The molecule has 4 rings (SSSR count). The Kier molecular flexibility index (Phi) is 4.31. The molecule has 1 aliphatic rings. The second-order valence-corrected chi connectivity index (χ2v) is 6.83. The molecule has 1 atom stereocenters. The van der Waals surface area contributed by atoms with Gasteiger partial charge in [-0.3, -0.25) is 0 Å². The molecule has 138 valence electrons. The molecular formula is C18H15ClF4N2O. The highest BCUT2D eigenvalue weighted by atomic mass is 35.5. The molecule has 3 aromatic rings. The fourth-order valence-electron chi connectivity index (χ4n) is 3.51. The van der Waals surface area contributed by atoms with Crippen LogP contribution in [0.5, 0.6) is 0 Å². The number of rotatable bonds is 2. The number of nitrogens with zero attached hydrogens (tertiary/aromatic N) is 2. The molecule has 0 N–H and O–H groups in total. The van der Waals surface area contributed by atoms with Crippen LogP contribution >= 0.6 is 11.6 Å². The van der Waals surface area contributed by atoms with E-state index >= 15 is 0 Å². The van der Waals surface area contributed by atoms with Crippen molar-refractivity contribution in [3.8, 4) is 0 Å². The molecule has 0 saturated carbocycles. The van der Waals surface area contributed by atoms with Gasteiger partial charge >= 0.3 is 6.18 Å². The maximum Gasteiger partial charge on any atom is 0.393 e. The van der Waals surface area contributed by atoms with Gasteiger partial charge in [-0.2, -0.15) is 18.3 Å². The monoisotopic (exact) mass is 386 g/mol. The number of fused-ring (bicyclic) bond motifs is 2. The third kappa shape index (κ3) is 3.03. The van der Waals surface area contributed by atoms with Crippen LogP contribution in [0.3, 0.4) is 0 Å². The zero-order chi connectivity index (χ0) is 18.5. The van der Waals surface area contributed by atoms with Gasteiger partial charge in [-0.25, -0.2) is 9.07 Å². The van der Waals surface area contributed by atoms with Crippen molar-refractivity contribution < 1.29 is 22.3 Å². The summed E-state index contributed by atoms with van der Waals surface area (Å²) in [6.07, 6.45) is -1.85. The lowest BCUT2D eigenvalue weighted by atomic mass is 9.99. The van der Waals surface area contributed by atoms with Gasteiger partial charge < -0.3 is 4.74 Å². The van der Waals surface area contributed by atoms with E-state index in [0.717, 1.165) is 25.3 Å². The molecule has 0 amide bonds. The molecule has 0 radical (unpaired) electrons. The quantitative estimate of drug-likeness (QED) is 0.521. The molecule has 2 heterocycles. The van der Waals surface area contributed by atoms with Crippen molar-refractivity contribution in [1.82, 2.24) is 9.78 Å². The van der Waals surface area contributed by atoms with Crippen molar-refractivity contribution in [3.05, 3.63) is 40.8 Å². The van der Waals surface area contributed by atoms with Crippen LogP contribution < -0.4 is 0 Å². The van der Waals surface area contributed by atoms with E-state index in [1.165, 1.54) is 12.3 Å². The molecular weight excluding hydrogens is 372 g/mol. The summed E-state index contributed by atoms with van der Waals surface area (Å²) >= 11 is 6.40. The first-order chi connectivity index (χ1) is 12.3. The average Bonchev–Trinajstić information content (AvgIpc) is 3.01. The molecule has 0 bridgehead atoms. The Hall–Kier alpha value is -1.86. The largest absolute Gasteiger partial charge is 0.393 e. The zero-order valence-corrected chi connectivity index (χ0v) is 14.4. The summed E-state index contributed by atoms with van der Waals surface area (Å²) in [4.78, 5) is 0. The molecule has 1 aromatic heterocycles. The first kappa shape index (κ1) is 17.5. The van der Waals surface area contributed by atoms with Crippen LogP contribution in [-0.2, 0) is 11.2 Å². The minimum atomic E-state index is -4.53. The van der Waals surface area contributed by atoms with E-state index in [1.807, 2.05) is 0 Å². The van der Waals surface area contributed by atoms with Crippen LogP contribution in [-0.4, -0.2) is 22.6 Å². The van der Waals surface area contributed by atoms with E-state index in [4.69, 9.17) is 16.3 Å². The number of hydrogen-bond donors (Lipinski definition) is 0. The highest BCUT2D eigenvalue weighted by molar-refractivity contribution is 6.41. The standard InChI is InChI=1S/C18H15ClF4N2O/c19-17-12-9-24-25(15-3-1-2-6-26-15)14(12)7-10-4-5-13(20)11(16(10)17)8-18(21,22)23/h4-5,7,9,15H,1-3,6,8H2. The Labute approximate surface area is 151 Å². The summed E-state index contributed by atoms with van der Waals surface area (Å²) in [5, 5.41) is 5.42. The average molecular weight is 387 g/mol. The summed E-state index contributed by atoms with van der Waals surface area (Å²) in [6.45, 7) is 0.633. The van der Waals surface area contributed by atoms with Crippen molar-refractivity contribution >= 4 is 33.3 Å². The Bertz CT molecular complexity index is 977. The minimum absolute atomic E-state index is 0.0818. The summed E-state index contributed by atoms with van der Waals surface area (Å²) in [7, 11) is 0. The molecule has 1 aliphatic heterocycles. The molecule has 8 heteroatoms.